The Morgan fingerprint density at radius 3 is 2.68 bits per heavy atom. The van der Waals surface area contributed by atoms with Gasteiger partial charge >= 0.3 is 0 Å². The van der Waals surface area contributed by atoms with Crippen LogP contribution in [0.3, 0.4) is 0 Å². The van der Waals surface area contributed by atoms with Crippen LogP contribution in [0.25, 0.3) is 11.0 Å². The van der Waals surface area contributed by atoms with E-state index in [9.17, 15) is 14.7 Å². The Balaban J connectivity index is 1.83. The van der Waals surface area contributed by atoms with Crippen LogP contribution in [0.4, 0.5) is 5.82 Å². The molecule has 1 amide bonds. The quantitative estimate of drug-likeness (QED) is 0.546. The van der Waals surface area contributed by atoms with Crippen molar-refractivity contribution in [2.45, 2.75) is 13.0 Å². The molecule has 31 heavy (non-hydrogen) atoms. The number of ether oxygens (including phenoxy) is 1. The van der Waals surface area contributed by atoms with Gasteiger partial charge in [0.05, 0.1) is 24.1 Å². The van der Waals surface area contributed by atoms with Gasteiger partial charge in [0.15, 0.2) is 16.9 Å². The Labute approximate surface area is 177 Å². The van der Waals surface area contributed by atoms with E-state index >= 15 is 0 Å². The summed E-state index contributed by atoms with van der Waals surface area (Å²) in [4.78, 5) is 32.8. The van der Waals surface area contributed by atoms with Gasteiger partial charge in [-0.05, 0) is 54.4 Å². The topological polar surface area (TPSA) is 92.9 Å². The first kappa shape index (κ1) is 18.9. The van der Waals surface area contributed by atoms with Gasteiger partial charge in [0.2, 0.25) is 5.76 Å². The molecule has 0 aliphatic carbocycles. The Hall–Kier alpha value is -4.13. The van der Waals surface area contributed by atoms with E-state index in [1.165, 1.54) is 18.1 Å². The van der Waals surface area contributed by atoms with Crippen molar-refractivity contribution in [1.29, 1.82) is 0 Å². The minimum absolute atomic E-state index is 0.0101. The monoisotopic (exact) mass is 414 g/mol. The molecule has 1 aliphatic rings. The van der Waals surface area contributed by atoms with Gasteiger partial charge in [-0.15, -0.1) is 0 Å². The van der Waals surface area contributed by atoms with E-state index in [1.807, 2.05) is 13.0 Å². The fourth-order valence-corrected chi connectivity index (χ4v) is 3.99. The number of amides is 1. The number of carbonyl (C=O) groups is 1. The molecular formula is C24H18N2O5. The third-order valence-electron chi connectivity index (χ3n) is 5.44. The number of anilines is 1. The molecule has 7 nitrogen and oxygen atoms in total. The van der Waals surface area contributed by atoms with E-state index in [4.69, 9.17) is 9.15 Å². The first-order chi connectivity index (χ1) is 15.0. The molecule has 1 aliphatic heterocycles. The van der Waals surface area contributed by atoms with Crippen LogP contribution < -0.4 is 15.1 Å². The van der Waals surface area contributed by atoms with Gasteiger partial charge in [-0.3, -0.25) is 14.5 Å². The lowest BCUT2D eigenvalue weighted by molar-refractivity contribution is 0.0970. The van der Waals surface area contributed by atoms with Crippen molar-refractivity contribution in [3.8, 4) is 11.5 Å². The van der Waals surface area contributed by atoms with Gasteiger partial charge in [-0.1, -0.05) is 18.2 Å². The molecule has 0 spiro atoms. The van der Waals surface area contributed by atoms with Crippen LogP contribution in [0.5, 0.6) is 11.5 Å². The van der Waals surface area contributed by atoms with Gasteiger partial charge in [-0.25, -0.2) is 4.98 Å². The number of fused-ring (bicyclic) bond motifs is 2. The first-order valence-electron chi connectivity index (χ1n) is 9.68. The van der Waals surface area contributed by atoms with Crippen LogP contribution in [0.1, 0.15) is 33.3 Å². The molecule has 1 N–H and O–H groups in total. The zero-order valence-electron chi connectivity index (χ0n) is 16.8. The summed E-state index contributed by atoms with van der Waals surface area (Å²) in [5.74, 6) is 0.135. The minimum atomic E-state index is -0.785. The molecule has 4 aromatic rings. The number of nitrogens with zero attached hydrogens (tertiary/aromatic N) is 2. The highest BCUT2D eigenvalue weighted by Gasteiger charge is 2.44. The number of aromatic nitrogens is 1. The van der Waals surface area contributed by atoms with E-state index in [0.29, 0.717) is 22.4 Å². The van der Waals surface area contributed by atoms with E-state index in [-0.39, 0.29) is 28.3 Å². The van der Waals surface area contributed by atoms with Crippen LogP contribution >= 0.6 is 0 Å². The number of aromatic hydroxyl groups is 1. The number of benzene rings is 2. The van der Waals surface area contributed by atoms with Crippen molar-refractivity contribution in [2.24, 2.45) is 0 Å². The molecule has 0 radical (unpaired) electrons. The molecule has 154 valence electrons. The second kappa shape index (κ2) is 6.98. The normalized spacial score (nSPS) is 15.4. The SMILES string of the molecule is COc1cc([C@H]2c3c(oc4ccccc4c3=O)C(=O)N2c2cc(C)ccn2)ccc1O. The van der Waals surface area contributed by atoms with E-state index in [1.54, 1.807) is 48.7 Å². The molecule has 5 rings (SSSR count). The van der Waals surface area contributed by atoms with Crippen molar-refractivity contribution in [3.05, 3.63) is 93.5 Å². The summed E-state index contributed by atoms with van der Waals surface area (Å²) in [5.41, 5.74) is 1.81. The van der Waals surface area contributed by atoms with Crippen LogP contribution in [0.2, 0.25) is 0 Å². The fourth-order valence-electron chi connectivity index (χ4n) is 3.99. The lowest BCUT2D eigenvalue weighted by atomic mass is 9.98. The van der Waals surface area contributed by atoms with Gasteiger partial charge in [0.1, 0.15) is 11.4 Å². The van der Waals surface area contributed by atoms with Gasteiger partial charge < -0.3 is 14.3 Å². The maximum Gasteiger partial charge on any atom is 0.296 e. The van der Waals surface area contributed by atoms with Crippen LogP contribution in [0.15, 0.2) is 70.0 Å². The summed E-state index contributed by atoms with van der Waals surface area (Å²) in [6, 6.07) is 14.4. The largest absolute Gasteiger partial charge is 0.504 e. The first-order valence-corrected chi connectivity index (χ1v) is 9.68. The zero-order valence-corrected chi connectivity index (χ0v) is 16.8. The highest BCUT2D eigenvalue weighted by Crippen LogP contribution is 2.42. The standard InChI is InChI=1S/C24H18N2O5/c1-13-9-10-25-19(11-13)26-21(14-7-8-16(27)18(12-14)30-2)20-22(28)15-5-3-4-6-17(15)31-23(20)24(26)29/h3-12,21,27H,1-2H3/t21-/m0/s1. The molecule has 3 heterocycles. The predicted molar refractivity (Wildman–Crippen MR) is 115 cm³/mol. The van der Waals surface area contributed by atoms with Gasteiger partial charge in [-0.2, -0.15) is 0 Å². The van der Waals surface area contributed by atoms with Crippen LogP contribution in [-0.2, 0) is 0 Å². The fraction of sp³-hybridized carbons (Fsp3) is 0.125. The Morgan fingerprint density at radius 1 is 1.10 bits per heavy atom. The summed E-state index contributed by atoms with van der Waals surface area (Å²) in [5, 5.41) is 10.4. The molecule has 0 fully saturated rings. The second-order valence-corrected chi connectivity index (χ2v) is 7.37. The maximum absolute atomic E-state index is 13.5. The molecule has 0 saturated heterocycles. The lowest BCUT2D eigenvalue weighted by Crippen LogP contribution is -2.30. The number of phenols is 1. The van der Waals surface area contributed by atoms with E-state index in [2.05, 4.69) is 4.98 Å². The number of methoxy groups -OCH3 is 1. The van der Waals surface area contributed by atoms with Gasteiger partial charge in [0, 0.05) is 6.20 Å². The van der Waals surface area contributed by atoms with Gasteiger partial charge in [0.25, 0.3) is 5.91 Å². The summed E-state index contributed by atoms with van der Waals surface area (Å²) < 4.78 is 11.2. The van der Waals surface area contributed by atoms with Crippen molar-refractivity contribution < 1.29 is 19.1 Å². The highest BCUT2D eigenvalue weighted by molar-refractivity contribution is 6.10. The average Bonchev–Trinajstić information content (AvgIpc) is 3.07. The molecule has 7 heteroatoms. The summed E-state index contributed by atoms with van der Waals surface area (Å²) >= 11 is 0. The van der Waals surface area contributed by atoms with E-state index < -0.39 is 11.9 Å². The molecule has 2 aromatic heterocycles. The van der Waals surface area contributed by atoms with Crippen molar-refractivity contribution in [1.82, 2.24) is 4.98 Å². The Kier molecular flexibility index (Phi) is 4.25. The number of pyridine rings is 1. The average molecular weight is 414 g/mol. The summed E-state index contributed by atoms with van der Waals surface area (Å²) in [7, 11) is 1.44. The molecular weight excluding hydrogens is 396 g/mol. The van der Waals surface area contributed by atoms with Crippen molar-refractivity contribution in [2.75, 3.05) is 12.0 Å². The predicted octanol–water partition coefficient (Wildman–Crippen LogP) is 3.96. The Morgan fingerprint density at radius 2 is 1.90 bits per heavy atom. The summed E-state index contributed by atoms with van der Waals surface area (Å²) in [6.07, 6.45) is 1.61. The van der Waals surface area contributed by atoms with Crippen molar-refractivity contribution >= 4 is 22.7 Å². The summed E-state index contributed by atoms with van der Waals surface area (Å²) in [6.45, 7) is 1.90. The lowest BCUT2D eigenvalue weighted by Gasteiger charge is -2.24. The second-order valence-electron chi connectivity index (χ2n) is 7.37. The number of rotatable bonds is 3. The molecule has 0 unspecified atom stereocenters. The van der Waals surface area contributed by atoms with E-state index in [0.717, 1.165) is 5.56 Å². The maximum atomic E-state index is 13.5. The number of aryl methyl sites for hydroxylation is 1. The number of hydrogen-bond acceptors (Lipinski definition) is 6. The molecule has 0 saturated carbocycles. The number of para-hydroxylation sites is 1. The Bertz CT molecular complexity index is 1410. The minimum Gasteiger partial charge on any atom is -0.504 e. The van der Waals surface area contributed by atoms with Crippen molar-refractivity contribution in [3.63, 3.8) is 0 Å². The number of phenolic OH excluding ortho intramolecular Hbond substituents is 1. The highest BCUT2D eigenvalue weighted by atomic mass is 16.5. The third-order valence-corrected chi connectivity index (χ3v) is 5.44. The number of carbonyl (C=O) groups excluding carboxylic acids is 1. The molecule has 2 aromatic carbocycles. The molecule has 1 atom stereocenters. The van der Waals surface area contributed by atoms with Crippen LogP contribution in [0, 0.1) is 6.92 Å². The third kappa shape index (κ3) is 2.85. The smallest absolute Gasteiger partial charge is 0.296 e. The van der Waals surface area contributed by atoms with Crippen LogP contribution in [-0.4, -0.2) is 23.1 Å². The number of hydrogen-bond donors (Lipinski definition) is 1. The zero-order chi connectivity index (χ0) is 21.7. The molecule has 0 bridgehead atoms.